The van der Waals surface area contributed by atoms with E-state index in [2.05, 4.69) is 38.9 Å². The number of rotatable bonds is 5. The van der Waals surface area contributed by atoms with E-state index in [1.807, 2.05) is 12.1 Å². The van der Waals surface area contributed by atoms with Gasteiger partial charge in [-0.1, -0.05) is 42.5 Å². The number of para-hydroxylation sites is 1. The summed E-state index contributed by atoms with van der Waals surface area (Å²) in [6, 6.07) is 18.3. The Bertz CT molecular complexity index is 1360. The summed E-state index contributed by atoms with van der Waals surface area (Å²) in [7, 11) is 0. The predicted molar refractivity (Wildman–Crippen MR) is 117 cm³/mol. The van der Waals surface area contributed by atoms with Crippen LogP contribution in [0.3, 0.4) is 0 Å². The molecule has 0 radical (unpaired) electrons. The lowest BCUT2D eigenvalue weighted by molar-refractivity contribution is -0.385. The highest BCUT2D eigenvalue weighted by atomic mass is 16.6. The summed E-state index contributed by atoms with van der Waals surface area (Å²) < 4.78 is 0. The monoisotopic (exact) mass is 411 g/mol. The number of H-pyrrole nitrogens is 1. The fourth-order valence-corrected chi connectivity index (χ4v) is 4.03. The largest absolute Gasteiger partial charge is 0.289 e. The molecule has 3 aromatic carbocycles. The number of nitro groups is 1. The van der Waals surface area contributed by atoms with Crippen LogP contribution in [-0.2, 0) is 12.8 Å². The van der Waals surface area contributed by atoms with Gasteiger partial charge in [-0.3, -0.25) is 20.0 Å². The minimum atomic E-state index is -0.498. The maximum atomic E-state index is 12.5. The van der Waals surface area contributed by atoms with E-state index in [0.717, 1.165) is 23.8 Å². The number of aromatic nitrogens is 2. The predicted octanol–water partition coefficient (Wildman–Crippen LogP) is 4.00. The van der Waals surface area contributed by atoms with Crippen LogP contribution in [0.2, 0.25) is 0 Å². The highest BCUT2D eigenvalue weighted by molar-refractivity contribution is 6.02. The zero-order valence-corrected chi connectivity index (χ0v) is 16.3. The molecule has 2 N–H and O–H groups in total. The van der Waals surface area contributed by atoms with Crippen molar-refractivity contribution in [2.75, 3.05) is 0 Å². The van der Waals surface area contributed by atoms with E-state index < -0.39 is 10.8 Å². The fourth-order valence-electron chi connectivity index (χ4n) is 4.03. The molecule has 1 aliphatic carbocycles. The van der Waals surface area contributed by atoms with Crippen LogP contribution in [0.1, 0.15) is 27.2 Å². The number of aromatic amines is 1. The molecule has 1 aliphatic rings. The molecule has 31 heavy (non-hydrogen) atoms. The van der Waals surface area contributed by atoms with Crippen molar-refractivity contribution in [1.82, 2.24) is 15.6 Å². The molecule has 0 saturated carbocycles. The molecule has 1 amide bonds. The van der Waals surface area contributed by atoms with Crippen molar-refractivity contribution >= 4 is 28.6 Å². The zero-order valence-electron chi connectivity index (χ0n) is 16.3. The van der Waals surface area contributed by atoms with Crippen LogP contribution in [0.5, 0.6) is 0 Å². The Balaban J connectivity index is 1.38. The molecule has 5 rings (SSSR count). The van der Waals surface area contributed by atoms with Gasteiger partial charge >= 0.3 is 0 Å². The normalized spacial score (nSPS) is 12.5. The lowest BCUT2D eigenvalue weighted by atomic mass is 9.98. The number of amides is 1. The number of nitrogens with one attached hydrogen (secondary N) is 2. The first-order chi connectivity index (χ1) is 15.1. The molecule has 0 aliphatic heterocycles. The number of aryl methyl sites for hydroxylation is 2. The highest BCUT2D eigenvalue weighted by Gasteiger charge is 2.18. The van der Waals surface area contributed by atoms with Crippen molar-refractivity contribution in [3.8, 4) is 11.3 Å². The van der Waals surface area contributed by atoms with Crippen LogP contribution in [-0.4, -0.2) is 27.2 Å². The Hall–Kier alpha value is -4.33. The third kappa shape index (κ3) is 3.33. The fraction of sp³-hybridized carbons (Fsp3) is 0.0870. The quantitative estimate of drug-likeness (QED) is 0.293. The minimum Gasteiger partial charge on any atom is -0.272 e. The van der Waals surface area contributed by atoms with Gasteiger partial charge in [0.25, 0.3) is 11.6 Å². The third-order valence-electron chi connectivity index (χ3n) is 5.48. The molecule has 0 spiro atoms. The molecule has 8 heteroatoms. The van der Waals surface area contributed by atoms with Gasteiger partial charge in [-0.05, 0) is 46.9 Å². The standard InChI is InChI=1S/C23H17N5O3/c29-23(27-24-13-16-4-1-2-7-21(16)28(30)31)20-12-19(25-26-20)17-11-10-15-9-8-14-5-3-6-18(17)22(14)15/h1-7,10-13H,8-9H2,(H,25,26)(H,27,29). The Labute approximate surface area is 176 Å². The second kappa shape index (κ2) is 7.49. The van der Waals surface area contributed by atoms with Crippen LogP contribution in [0.25, 0.3) is 22.0 Å². The molecule has 1 aromatic heterocycles. The minimum absolute atomic E-state index is 0.0867. The van der Waals surface area contributed by atoms with E-state index in [4.69, 9.17) is 0 Å². The first kappa shape index (κ1) is 18.7. The SMILES string of the molecule is O=C(NN=Cc1ccccc1[N+](=O)[O-])c1cc(-c2ccc3c4c(cccc24)CC3)n[nH]1. The number of carbonyl (C=O) groups excluding carboxylic acids is 1. The van der Waals surface area contributed by atoms with Gasteiger partial charge < -0.3 is 0 Å². The second-order valence-corrected chi connectivity index (χ2v) is 7.29. The molecule has 152 valence electrons. The molecule has 4 aromatic rings. The molecule has 0 fully saturated rings. The summed E-state index contributed by atoms with van der Waals surface area (Å²) >= 11 is 0. The molecular weight excluding hydrogens is 394 g/mol. The van der Waals surface area contributed by atoms with Crippen molar-refractivity contribution in [2.45, 2.75) is 12.8 Å². The molecule has 0 bridgehead atoms. The van der Waals surface area contributed by atoms with Gasteiger partial charge in [-0.2, -0.15) is 10.2 Å². The number of hydrazone groups is 1. The summed E-state index contributed by atoms with van der Waals surface area (Å²) in [5.74, 6) is -0.487. The number of benzene rings is 3. The van der Waals surface area contributed by atoms with Crippen molar-refractivity contribution in [1.29, 1.82) is 0 Å². The van der Waals surface area contributed by atoms with E-state index in [9.17, 15) is 14.9 Å². The molecule has 8 nitrogen and oxygen atoms in total. The third-order valence-corrected chi connectivity index (χ3v) is 5.48. The summed E-state index contributed by atoms with van der Waals surface area (Å²) in [6.45, 7) is 0. The number of hydrogen-bond acceptors (Lipinski definition) is 5. The number of carbonyl (C=O) groups is 1. The van der Waals surface area contributed by atoms with E-state index in [1.165, 1.54) is 28.8 Å². The van der Waals surface area contributed by atoms with Crippen molar-refractivity contribution in [2.24, 2.45) is 5.10 Å². The van der Waals surface area contributed by atoms with Crippen molar-refractivity contribution < 1.29 is 9.72 Å². The Morgan fingerprint density at radius 3 is 2.74 bits per heavy atom. The molecule has 0 atom stereocenters. The van der Waals surface area contributed by atoms with Crippen LogP contribution in [0.4, 0.5) is 5.69 Å². The molecule has 1 heterocycles. The van der Waals surface area contributed by atoms with E-state index >= 15 is 0 Å². The maximum absolute atomic E-state index is 12.5. The Kier molecular flexibility index (Phi) is 4.51. The van der Waals surface area contributed by atoms with Crippen LogP contribution in [0, 0.1) is 10.1 Å². The van der Waals surface area contributed by atoms with E-state index in [-0.39, 0.29) is 11.4 Å². The summed E-state index contributed by atoms with van der Waals surface area (Å²) in [5.41, 5.74) is 7.15. The Morgan fingerprint density at radius 2 is 1.90 bits per heavy atom. The van der Waals surface area contributed by atoms with Gasteiger partial charge in [0.1, 0.15) is 5.69 Å². The zero-order chi connectivity index (χ0) is 21.4. The summed E-state index contributed by atoms with van der Waals surface area (Å²) in [4.78, 5) is 23.0. The number of nitrogens with zero attached hydrogens (tertiary/aromatic N) is 3. The van der Waals surface area contributed by atoms with Gasteiger partial charge in [-0.25, -0.2) is 5.43 Å². The van der Waals surface area contributed by atoms with Gasteiger partial charge in [-0.15, -0.1) is 0 Å². The summed E-state index contributed by atoms with van der Waals surface area (Å²) in [6.07, 6.45) is 3.33. The van der Waals surface area contributed by atoms with E-state index in [1.54, 1.807) is 24.3 Å². The average molecular weight is 411 g/mol. The molecule has 0 unspecified atom stereocenters. The lowest BCUT2D eigenvalue weighted by Crippen LogP contribution is -2.18. The van der Waals surface area contributed by atoms with Gasteiger partial charge in [0.15, 0.2) is 0 Å². The van der Waals surface area contributed by atoms with E-state index in [0.29, 0.717) is 11.3 Å². The van der Waals surface area contributed by atoms with Crippen molar-refractivity contribution in [3.05, 3.63) is 93.2 Å². The number of nitro benzene ring substituents is 1. The van der Waals surface area contributed by atoms with Crippen LogP contribution < -0.4 is 5.43 Å². The van der Waals surface area contributed by atoms with Gasteiger partial charge in [0.2, 0.25) is 0 Å². The smallest absolute Gasteiger partial charge is 0.272 e. The molecular formula is C23H17N5O3. The average Bonchev–Trinajstić information content (AvgIpc) is 3.43. The van der Waals surface area contributed by atoms with Gasteiger partial charge in [0.05, 0.1) is 22.4 Å². The second-order valence-electron chi connectivity index (χ2n) is 7.29. The first-order valence-corrected chi connectivity index (χ1v) is 9.78. The summed E-state index contributed by atoms with van der Waals surface area (Å²) in [5, 5.41) is 24.4. The van der Waals surface area contributed by atoms with Gasteiger partial charge in [0, 0.05) is 11.6 Å². The first-order valence-electron chi connectivity index (χ1n) is 9.78. The van der Waals surface area contributed by atoms with Crippen molar-refractivity contribution in [3.63, 3.8) is 0 Å². The topological polar surface area (TPSA) is 113 Å². The van der Waals surface area contributed by atoms with Crippen LogP contribution >= 0.6 is 0 Å². The maximum Gasteiger partial charge on any atom is 0.289 e. The molecule has 0 saturated heterocycles. The lowest BCUT2D eigenvalue weighted by Gasteiger charge is -2.06. The Morgan fingerprint density at radius 1 is 1.10 bits per heavy atom. The number of hydrogen-bond donors (Lipinski definition) is 2. The highest BCUT2D eigenvalue weighted by Crippen LogP contribution is 2.36. The van der Waals surface area contributed by atoms with Crippen LogP contribution in [0.15, 0.2) is 65.8 Å².